The van der Waals surface area contributed by atoms with Gasteiger partial charge in [0.05, 0.1) is 0 Å². The Kier molecular flexibility index (Phi) is 2.44. The molecule has 0 bridgehead atoms. The van der Waals surface area contributed by atoms with Crippen molar-refractivity contribution in [2.24, 2.45) is 0 Å². The van der Waals surface area contributed by atoms with Gasteiger partial charge in [0.25, 0.3) is 0 Å². The molecule has 1 N–H and O–H groups in total. The average Bonchev–Trinajstić information content (AvgIpc) is 2.83. The molecule has 3 rings (SSSR count). The number of rotatable bonds is 1. The van der Waals surface area contributed by atoms with Crippen LogP contribution in [0.3, 0.4) is 0 Å². The van der Waals surface area contributed by atoms with Crippen LogP contribution in [-0.4, -0.2) is 19.8 Å². The van der Waals surface area contributed by atoms with E-state index in [1.165, 1.54) is 0 Å². The minimum atomic E-state index is -0.267. The maximum atomic E-state index is 14.2. The maximum Gasteiger partial charge on any atom is 0.197 e. The number of ether oxygens (including phenoxy) is 2. The number of benzene rings is 1. The molecule has 2 heterocycles. The third-order valence-electron chi connectivity index (χ3n) is 3.11. The number of hydrogen-bond donors (Lipinski definition) is 1. The highest BCUT2D eigenvalue weighted by molar-refractivity contribution is 5.46. The molecule has 1 aromatic rings. The third-order valence-corrected chi connectivity index (χ3v) is 3.11. The molecule has 4 heteroatoms. The molecule has 86 valence electrons. The molecule has 1 saturated heterocycles. The van der Waals surface area contributed by atoms with Crippen LogP contribution in [0.2, 0.25) is 0 Å². The van der Waals surface area contributed by atoms with Crippen LogP contribution in [0.4, 0.5) is 4.39 Å². The van der Waals surface area contributed by atoms with Crippen molar-refractivity contribution in [1.29, 1.82) is 0 Å². The molecule has 1 unspecified atom stereocenters. The van der Waals surface area contributed by atoms with Gasteiger partial charge in [0.15, 0.2) is 17.3 Å². The van der Waals surface area contributed by atoms with E-state index in [1.54, 1.807) is 12.1 Å². The minimum absolute atomic E-state index is 0.121. The lowest BCUT2D eigenvalue weighted by Crippen LogP contribution is -2.19. The molecule has 2 aliphatic heterocycles. The first-order valence-corrected chi connectivity index (χ1v) is 5.67. The lowest BCUT2D eigenvalue weighted by molar-refractivity contribution is 0.163. The highest BCUT2D eigenvalue weighted by Crippen LogP contribution is 2.38. The lowest BCUT2D eigenvalue weighted by atomic mass is 10.0. The second kappa shape index (κ2) is 3.94. The van der Waals surface area contributed by atoms with E-state index in [-0.39, 0.29) is 17.6 Å². The molecule has 0 aromatic heterocycles. The lowest BCUT2D eigenvalue weighted by Gasteiger charge is -2.21. The minimum Gasteiger partial charge on any atom is -0.486 e. The number of fused-ring (bicyclic) bond motifs is 1. The summed E-state index contributed by atoms with van der Waals surface area (Å²) in [6, 6.07) is 3.72. The van der Waals surface area contributed by atoms with E-state index in [1.807, 2.05) is 0 Å². The van der Waals surface area contributed by atoms with E-state index < -0.39 is 0 Å². The van der Waals surface area contributed by atoms with Crippen LogP contribution in [0.15, 0.2) is 12.1 Å². The molecular weight excluding hydrogens is 209 g/mol. The van der Waals surface area contributed by atoms with Crippen LogP contribution in [0.1, 0.15) is 24.4 Å². The smallest absolute Gasteiger partial charge is 0.197 e. The molecule has 0 saturated carbocycles. The van der Waals surface area contributed by atoms with E-state index >= 15 is 0 Å². The van der Waals surface area contributed by atoms with Gasteiger partial charge in [-0.15, -0.1) is 0 Å². The van der Waals surface area contributed by atoms with E-state index in [9.17, 15) is 4.39 Å². The predicted molar refractivity (Wildman–Crippen MR) is 57.4 cm³/mol. The van der Waals surface area contributed by atoms with Gasteiger partial charge >= 0.3 is 0 Å². The van der Waals surface area contributed by atoms with Gasteiger partial charge in [0.1, 0.15) is 13.2 Å². The van der Waals surface area contributed by atoms with Crippen molar-refractivity contribution in [1.82, 2.24) is 5.32 Å². The standard InChI is InChI=1S/C12H14FNO2/c13-11-8(9-2-1-5-14-9)3-4-10-12(11)16-7-6-15-10/h3-4,9,14H,1-2,5-7H2. The van der Waals surface area contributed by atoms with Gasteiger partial charge in [-0.25, -0.2) is 4.39 Å². The van der Waals surface area contributed by atoms with E-state index in [2.05, 4.69) is 5.32 Å². The summed E-state index contributed by atoms with van der Waals surface area (Å²) in [4.78, 5) is 0. The Hall–Kier alpha value is -1.29. The molecule has 0 amide bonds. The quantitative estimate of drug-likeness (QED) is 0.790. The van der Waals surface area contributed by atoms with Crippen molar-refractivity contribution in [2.45, 2.75) is 18.9 Å². The first-order valence-electron chi connectivity index (χ1n) is 5.67. The highest BCUT2D eigenvalue weighted by Gasteiger charge is 2.25. The van der Waals surface area contributed by atoms with E-state index in [0.717, 1.165) is 19.4 Å². The molecule has 16 heavy (non-hydrogen) atoms. The summed E-state index contributed by atoms with van der Waals surface area (Å²) in [5, 5.41) is 3.28. The van der Waals surface area contributed by atoms with Crippen LogP contribution in [0.5, 0.6) is 11.5 Å². The SMILES string of the molecule is Fc1c(C2CCCN2)ccc2c1OCCO2. The summed E-state index contributed by atoms with van der Waals surface area (Å²) >= 11 is 0. The predicted octanol–water partition coefficient (Wildman–Crippen LogP) is 2.02. The van der Waals surface area contributed by atoms with Gasteiger partial charge in [-0.1, -0.05) is 6.07 Å². The molecule has 2 aliphatic rings. The van der Waals surface area contributed by atoms with Crippen molar-refractivity contribution in [3.8, 4) is 11.5 Å². The van der Waals surface area contributed by atoms with Crippen molar-refractivity contribution in [3.05, 3.63) is 23.5 Å². The van der Waals surface area contributed by atoms with Crippen LogP contribution in [0.25, 0.3) is 0 Å². The fourth-order valence-electron chi connectivity index (χ4n) is 2.32. The first-order chi connectivity index (χ1) is 7.86. The Morgan fingerprint density at radius 1 is 1.25 bits per heavy atom. The summed E-state index contributed by atoms with van der Waals surface area (Å²) in [5.74, 6) is 0.527. The van der Waals surface area contributed by atoms with Crippen molar-refractivity contribution >= 4 is 0 Å². The molecule has 3 nitrogen and oxygen atoms in total. The van der Waals surface area contributed by atoms with Gasteiger partial charge in [-0.05, 0) is 25.5 Å². The Balaban J connectivity index is 1.99. The largest absolute Gasteiger partial charge is 0.486 e. The molecule has 0 radical (unpaired) electrons. The summed E-state index contributed by atoms with van der Waals surface area (Å²) in [5.41, 5.74) is 0.696. The van der Waals surface area contributed by atoms with Gasteiger partial charge in [0, 0.05) is 11.6 Å². The molecule has 1 fully saturated rings. The topological polar surface area (TPSA) is 30.5 Å². The number of hydrogen-bond acceptors (Lipinski definition) is 3. The monoisotopic (exact) mass is 223 g/mol. The molecule has 1 atom stereocenters. The third kappa shape index (κ3) is 1.53. The fourth-order valence-corrected chi connectivity index (χ4v) is 2.32. The summed E-state index contributed by atoms with van der Waals surface area (Å²) in [6.45, 7) is 1.87. The average molecular weight is 223 g/mol. The van der Waals surface area contributed by atoms with Crippen molar-refractivity contribution in [2.75, 3.05) is 19.8 Å². The zero-order valence-corrected chi connectivity index (χ0v) is 8.96. The Morgan fingerprint density at radius 2 is 2.12 bits per heavy atom. The summed E-state index contributed by atoms with van der Waals surface area (Å²) in [6.07, 6.45) is 2.08. The summed E-state index contributed by atoms with van der Waals surface area (Å²) in [7, 11) is 0. The van der Waals surface area contributed by atoms with Crippen molar-refractivity contribution in [3.63, 3.8) is 0 Å². The normalized spacial score (nSPS) is 23.4. The zero-order chi connectivity index (χ0) is 11.0. The first kappa shape index (κ1) is 9.90. The summed E-state index contributed by atoms with van der Waals surface area (Å²) < 4.78 is 24.8. The van der Waals surface area contributed by atoms with E-state index in [0.29, 0.717) is 24.5 Å². The van der Waals surface area contributed by atoms with Crippen LogP contribution in [-0.2, 0) is 0 Å². The fraction of sp³-hybridized carbons (Fsp3) is 0.500. The Bertz CT molecular complexity index is 402. The van der Waals surface area contributed by atoms with Gasteiger partial charge in [-0.3, -0.25) is 0 Å². The molecule has 0 spiro atoms. The number of nitrogens with one attached hydrogen (secondary N) is 1. The molecule has 1 aromatic carbocycles. The Labute approximate surface area is 93.6 Å². The second-order valence-corrected chi connectivity index (χ2v) is 4.14. The molecule has 0 aliphatic carbocycles. The second-order valence-electron chi connectivity index (χ2n) is 4.14. The van der Waals surface area contributed by atoms with Crippen LogP contribution in [0, 0.1) is 5.82 Å². The molecular formula is C12H14FNO2. The van der Waals surface area contributed by atoms with Crippen LogP contribution >= 0.6 is 0 Å². The van der Waals surface area contributed by atoms with Crippen LogP contribution < -0.4 is 14.8 Å². The van der Waals surface area contributed by atoms with Gasteiger partial charge < -0.3 is 14.8 Å². The zero-order valence-electron chi connectivity index (χ0n) is 8.96. The van der Waals surface area contributed by atoms with Gasteiger partial charge in [0.2, 0.25) is 0 Å². The van der Waals surface area contributed by atoms with Crippen molar-refractivity contribution < 1.29 is 13.9 Å². The highest BCUT2D eigenvalue weighted by atomic mass is 19.1. The Morgan fingerprint density at radius 3 is 2.94 bits per heavy atom. The van der Waals surface area contributed by atoms with E-state index in [4.69, 9.17) is 9.47 Å². The van der Waals surface area contributed by atoms with Gasteiger partial charge in [-0.2, -0.15) is 0 Å². The maximum absolute atomic E-state index is 14.2. The number of halogens is 1.